The Hall–Kier alpha value is -3.48. The van der Waals surface area contributed by atoms with Gasteiger partial charge in [-0.05, 0) is 41.5 Å². The zero-order chi connectivity index (χ0) is 21.5. The molecule has 3 aliphatic rings. The normalized spacial score (nSPS) is 24.6. The van der Waals surface area contributed by atoms with Crippen molar-refractivity contribution in [2.45, 2.75) is 44.3 Å². The molecule has 7 heteroatoms. The van der Waals surface area contributed by atoms with Crippen LogP contribution in [0.4, 0.5) is 0 Å². The molecule has 1 saturated heterocycles. The number of benzene rings is 2. The van der Waals surface area contributed by atoms with Crippen LogP contribution >= 0.6 is 0 Å². The van der Waals surface area contributed by atoms with Crippen LogP contribution < -0.4 is 10.6 Å². The average Bonchev–Trinajstić information content (AvgIpc) is 3.51. The smallest absolute Gasteiger partial charge is 0.255 e. The van der Waals surface area contributed by atoms with Crippen molar-refractivity contribution < 1.29 is 19.2 Å². The highest BCUT2D eigenvalue weighted by Crippen LogP contribution is 2.47. The lowest BCUT2D eigenvalue weighted by Gasteiger charge is -2.29. The van der Waals surface area contributed by atoms with Gasteiger partial charge in [0.05, 0.1) is 0 Å². The molecule has 2 aromatic rings. The van der Waals surface area contributed by atoms with Crippen molar-refractivity contribution in [1.29, 1.82) is 0 Å². The van der Waals surface area contributed by atoms with Gasteiger partial charge in [-0.3, -0.25) is 24.5 Å². The third-order valence-electron chi connectivity index (χ3n) is 6.41. The number of amides is 4. The zero-order valence-electron chi connectivity index (χ0n) is 17.0. The Morgan fingerprint density at radius 3 is 2.68 bits per heavy atom. The van der Waals surface area contributed by atoms with Gasteiger partial charge in [-0.25, -0.2) is 0 Å². The molecule has 3 atom stereocenters. The predicted octanol–water partition coefficient (Wildman–Crippen LogP) is 1.87. The summed E-state index contributed by atoms with van der Waals surface area (Å²) in [6.45, 7) is 0.734. The summed E-state index contributed by atoms with van der Waals surface area (Å²) in [5.74, 6) is -0.544. The van der Waals surface area contributed by atoms with Gasteiger partial charge < -0.3 is 10.2 Å². The lowest BCUT2D eigenvalue weighted by Crippen LogP contribution is -2.52. The van der Waals surface area contributed by atoms with Gasteiger partial charge in [0.2, 0.25) is 17.7 Å². The van der Waals surface area contributed by atoms with E-state index in [4.69, 9.17) is 0 Å². The van der Waals surface area contributed by atoms with Crippen LogP contribution in [0.1, 0.15) is 52.2 Å². The first-order valence-electron chi connectivity index (χ1n) is 10.6. The van der Waals surface area contributed by atoms with Crippen LogP contribution in [-0.2, 0) is 27.5 Å². The van der Waals surface area contributed by atoms with Crippen LogP contribution in [0, 0.1) is 5.92 Å². The maximum atomic E-state index is 12.8. The van der Waals surface area contributed by atoms with Crippen LogP contribution in [-0.4, -0.2) is 34.6 Å². The molecule has 158 valence electrons. The van der Waals surface area contributed by atoms with E-state index in [0.717, 1.165) is 17.5 Å². The Bertz CT molecular complexity index is 1080. The number of rotatable bonds is 5. The molecular formula is C24H23N3O4. The molecule has 2 aromatic carbocycles. The minimum atomic E-state index is -0.620. The summed E-state index contributed by atoms with van der Waals surface area (Å²) in [6.07, 6.45) is 1.45. The van der Waals surface area contributed by atoms with E-state index in [1.165, 1.54) is 10.5 Å². The molecule has 0 radical (unpaired) electrons. The second-order valence-electron chi connectivity index (χ2n) is 8.47. The molecule has 31 heavy (non-hydrogen) atoms. The number of piperidine rings is 1. The first kappa shape index (κ1) is 19.5. The summed E-state index contributed by atoms with van der Waals surface area (Å²) in [6, 6.07) is 15.0. The van der Waals surface area contributed by atoms with E-state index in [-0.39, 0.29) is 30.1 Å². The molecule has 2 aliphatic heterocycles. The quantitative estimate of drug-likeness (QED) is 0.726. The summed E-state index contributed by atoms with van der Waals surface area (Å²) in [5, 5.41) is 5.32. The molecule has 2 fully saturated rings. The Kier molecular flexibility index (Phi) is 4.81. The minimum Gasteiger partial charge on any atom is -0.352 e. The Balaban J connectivity index is 1.20. The molecule has 7 nitrogen and oxygen atoms in total. The van der Waals surface area contributed by atoms with E-state index in [1.807, 2.05) is 30.3 Å². The van der Waals surface area contributed by atoms with Crippen molar-refractivity contribution in [2.24, 2.45) is 5.92 Å². The van der Waals surface area contributed by atoms with E-state index in [2.05, 4.69) is 22.8 Å². The van der Waals surface area contributed by atoms with Crippen LogP contribution in [0.15, 0.2) is 48.5 Å². The average molecular weight is 417 g/mol. The molecule has 5 rings (SSSR count). The maximum Gasteiger partial charge on any atom is 0.255 e. The monoisotopic (exact) mass is 417 g/mol. The molecule has 2 heterocycles. The van der Waals surface area contributed by atoms with E-state index < -0.39 is 11.9 Å². The number of hydrogen-bond donors (Lipinski definition) is 2. The molecule has 0 spiro atoms. The Labute approximate surface area is 179 Å². The molecule has 0 bridgehead atoms. The molecule has 1 unspecified atom stereocenters. The number of nitrogens with one attached hydrogen (secondary N) is 2. The summed E-state index contributed by atoms with van der Waals surface area (Å²) in [7, 11) is 0. The minimum absolute atomic E-state index is 0.0152. The summed E-state index contributed by atoms with van der Waals surface area (Å²) < 4.78 is 0. The van der Waals surface area contributed by atoms with Crippen molar-refractivity contribution in [2.75, 3.05) is 0 Å². The van der Waals surface area contributed by atoms with Crippen molar-refractivity contribution in [3.05, 3.63) is 70.8 Å². The van der Waals surface area contributed by atoms with Gasteiger partial charge in [-0.15, -0.1) is 0 Å². The highest BCUT2D eigenvalue weighted by molar-refractivity contribution is 6.05. The molecule has 0 aromatic heterocycles. The highest BCUT2D eigenvalue weighted by Gasteiger charge is 2.43. The van der Waals surface area contributed by atoms with Crippen molar-refractivity contribution in [3.8, 4) is 0 Å². The second kappa shape index (κ2) is 7.65. The number of fused-ring (bicyclic) bond motifs is 1. The number of hydrogen-bond acceptors (Lipinski definition) is 4. The van der Waals surface area contributed by atoms with Gasteiger partial charge in [-0.2, -0.15) is 0 Å². The third kappa shape index (κ3) is 3.71. The fraction of sp³-hybridized carbons (Fsp3) is 0.333. The summed E-state index contributed by atoms with van der Waals surface area (Å²) in [5.41, 5.74) is 3.54. The standard InChI is InChI=1S/C24H23N3O4/c28-21-9-8-20(23(30)26-21)27-13-16-10-14(6-7-17(16)24(27)31)12-25-22(29)19-11-18(19)15-4-2-1-3-5-15/h1-7,10,18-20H,8-9,11-13H2,(H,25,29)(H,26,28,30)/t18-,19+,20?/m0/s1. The van der Waals surface area contributed by atoms with Gasteiger partial charge in [0.1, 0.15) is 6.04 Å². The van der Waals surface area contributed by atoms with Gasteiger partial charge in [0.25, 0.3) is 5.91 Å². The van der Waals surface area contributed by atoms with E-state index in [1.54, 1.807) is 6.07 Å². The fourth-order valence-electron chi connectivity index (χ4n) is 4.61. The van der Waals surface area contributed by atoms with Gasteiger partial charge >= 0.3 is 0 Å². The lowest BCUT2D eigenvalue weighted by atomic mass is 10.0. The van der Waals surface area contributed by atoms with Crippen molar-refractivity contribution >= 4 is 23.6 Å². The number of nitrogens with zero attached hydrogens (tertiary/aromatic N) is 1. The molecule has 1 aliphatic carbocycles. The summed E-state index contributed by atoms with van der Waals surface area (Å²) >= 11 is 0. The number of carbonyl (C=O) groups is 4. The number of carbonyl (C=O) groups excluding carboxylic acids is 4. The van der Waals surface area contributed by atoms with E-state index in [9.17, 15) is 19.2 Å². The van der Waals surface area contributed by atoms with Gasteiger partial charge in [-0.1, -0.05) is 42.5 Å². The maximum absolute atomic E-state index is 12.8. The fourth-order valence-corrected chi connectivity index (χ4v) is 4.61. The topological polar surface area (TPSA) is 95.6 Å². The largest absolute Gasteiger partial charge is 0.352 e. The lowest BCUT2D eigenvalue weighted by molar-refractivity contribution is -0.137. The first-order chi connectivity index (χ1) is 15.0. The summed E-state index contributed by atoms with van der Waals surface area (Å²) in [4.78, 5) is 50.4. The van der Waals surface area contributed by atoms with Crippen LogP contribution in [0.2, 0.25) is 0 Å². The van der Waals surface area contributed by atoms with E-state index >= 15 is 0 Å². The molecular weight excluding hydrogens is 394 g/mol. The second-order valence-corrected chi connectivity index (χ2v) is 8.47. The molecule has 2 N–H and O–H groups in total. The first-order valence-corrected chi connectivity index (χ1v) is 10.6. The highest BCUT2D eigenvalue weighted by atomic mass is 16.2. The van der Waals surface area contributed by atoms with E-state index in [0.29, 0.717) is 31.0 Å². The Morgan fingerprint density at radius 2 is 1.90 bits per heavy atom. The zero-order valence-corrected chi connectivity index (χ0v) is 17.0. The van der Waals surface area contributed by atoms with Crippen LogP contribution in [0.25, 0.3) is 0 Å². The number of imide groups is 1. The Morgan fingerprint density at radius 1 is 1.10 bits per heavy atom. The SMILES string of the molecule is O=C1CCC(N2Cc3cc(CNC(=O)[C@@H]4C[C@H]4c4ccccc4)ccc3C2=O)C(=O)N1. The molecule has 4 amide bonds. The van der Waals surface area contributed by atoms with Crippen molar-refractivity contribution in [1.82, 2.24) is 15.5 Å². The van der Waals surface area contributed by atoms with Crippen molar-refractivity contribution in [3.63, 3.8) is 0 Å². The van der Waals surface area contributed by atoms with Crippen LogP contribution in [0.3, 0.4) is 0 Å². The van der Waals surface area contributed by atoms with Crippen LogP contribution in [0.5, 0.6) is 0 Å². The van der Waals surface area contributed by atoms with Gasteiger partial charge in [0, 0.05) is 31.0 Å². The predicted molar refractivity (Wildman–Crippen MR) is 112 cm³/mol. The third-order valence-corrected chi connectivity index (χ3v) is 6.41. The van der Waals surface area contributed by atoms with Gasteiger partial charge in [0.15, 0.2) is 0 Å². The molecule has 1 saturated carbocycles.